The number of nitro groups is 1. The molecule has 3 aromatic rings. The van der Waals surface area contributed by atoms with Crippen LogP contribution in [0.4, 0.5) is 5.82 Å². The molecule has 0 fully saturated rings. The summed E-state index contributed by atoms with van der Waals surface area (Å²) in [6.07, 6.45) is 0. The Hall–Kier alpha value is -3.32. The molecule has 2 amide bonds. The van der Waals surface area contributed by atoms with E-state index in [4.69, 9.17) is 16.1 Å². The van der Waals surface area contributed by atoms with Gasteiger partial charge in [0.2, 0.25) is 0 Å². The Morgan fingerprint density at radius 3 is 2.69 bits per heavy atom. The largest absolute Gasteiger partial charge is 0.408 e. The lowest BCUT2D eigenvalue weighted by Crippen LogP contribution is -2.34. The van der Waals surface area contributed by atoms with Gasteiger partial charge in [-0.2, -0.15) is 9.67 Å². The lowest BCUT2D eigenvalue weighted by molar-refractivity contribution is -0.389. The van der Waals surface area contributed by atoms with Gasteiger partial charge in [-0.1, -0.05) is 22.8 Å². The first kappa shape index (κ1) is 20.4. The van der Waals surface area contributed by atoms with Gasteiger partial charge in [-0.05, 0) is 23.3 Å². The SMILES string of the molecule is Cc1c(Cl)c([N+](=O)[O-])nn1Cc1noc(C(=O)NCCNC(=O)c2cccs2)n1. The van der Waals surface area contributed by atoms with Gasteiger partial charge in [0.1, 0.15) is 6.54 Å². The van der Waals surface area contributed by atoms with Crippen molar-refractivity contribution in [3.8, 4) is 0 Å². The second-order valence-corrected chi connectivity index (χ2v) is 6.97. The Balaban J connectivity index is 1.52. The molecule has 0 atom stereocenters. The van der Waals surface area contributed by atoms with Crippen LogP contribution in [0.15, 0.2) is 22.0 Å². The molecule has 0 saturated heterocycles. The number of carbonyl (C=O) groups excluding carboxylic acids is 2. The van der Waals surface area contributed by atoms with Crippen LogP contribution in [0.1, 0.15) is 31.9 Å². The average Bonchev–Trinajstić information content (AvgIpc) is 3.43. The van der Waals surface area contributed by atoms with Crippen molar-refractivity contribution in [1.29, 1.82) is 0 Å². The van der Waals surface area contributed by atoms with Crippen molar-refractivity contribution >= 4 is 40.6 Å². The van der Waals surface area contributed by atoms with Gasteiger partial charge in [0, 0.05) is 13.1 Å². The zero-order chi connectivity index (χ0) is 21.0. The van der Waals surface area contributed by atoms with Gasteiger partial charge in [-0.25, -0.2) is 0 Å². The van der Waals surface area contributed by atoms with Gasteiger partial charge in [0.05, 0.1) is 15.7 Å². The first-order valence-corrected chi connectivity index (χ1v) is 9.42. The fourth-order valence-electron chi connectivity index (χ4n) is 2.25. The topological polar surface area (TPSA) is 158 Å². The quantitative estimate of drug-likeness (QED) is 0.303. The first-order valence-electron chi connectivity index (χ1n) is 8.16. The summed E-state index contributed by atoms with van der Waals surface area (Å²) in [5, 5.41) is 25.2. The van der Waals surface area contributed by atoms with Crippen molar-refractivity contribution in [2.75, 3.05) is 13.1 Å². The Morgan fingerprint density at radius 1 is 1.34 bits per heavy atom. The van der Waals surface area contributed by atoms with E-state index in [-0.39, 0.29) is 42.3 Å². The summed E-state index contributed by atoms with van der Waals surface area (Å²) in [4.78, 5) is 38.5. The molecule has 0 bridgehead atoms. The summed E-state index contributed by atoms with van der Waals surface area (Å²) >= 11 is 7.19. The fourth-order valence-corrected chi connectivity index (χ4v) is 3.09. The van der Waals surface area contributed by atoms with Crippen LogP contribution in [-0.2, 0) is 6.54 Å². The highest BCUT2D eigenvalue weighted by molar-refractivity contribution is 7.12. The lowest BCUT2D eigenvalue weighted by atomic mass is 10.4. The molecule has 12 nitrogen and oxygen atoms in total. The van der Waals surface area contributed by atoms with Gasteiger partial charge in [-0.15, -0.1) is 11.3 Å². The number of halogens is 1. The van der Waals surface area contributed by atoms with Crippen molar-refractivity contribution in [2.24, 2.45) is 0 Å². The molecule has 3 aromatic heterocycles. The van der Waals surface area contributed by atoms with E-state index in [0.717, 1.165) is 0 Å². The minimum absolute atomic E-state index is 0.0625. The molecule has 0 aromatic carbocycles. The standard InChI is InChI=1S/C15H14ClN7O5S/c1-8-11(16)12(23(26)27)20-22(8)7-10-19-15(28-21-10)14(25)18-5-4-17-13(24)9-3-2-6-29-9/h2-3,6H,4-5,7H2,1H3,(H,17,24)(H,18,25). The minimum atomic E-state index is -0.696. The molecule has 0 unspecified atom stereocenters. The summed E-state index contributed by atoms with van der Waals surface area (Å²) in [6.45, 7) is 1.87. The summed E-state index contributed by atoms with van der Waals surface area (Å²) < 4.78 is 6.14. The third kappa shape index (κ3) is 4.75. The van der Waals surface area contributed by atoms with E-state index in [1.165, 1.54) is 16.0 Å². The highest BCUT2D eigenvalue weighted by Gasteiger charge is 2.25. The molecule has 14 heteroatoms. The molecule has 3 rings (SSSR count). The minimum Gasteiger partial charge on any atom is -0.358 e. The van der Waals surface area contributed by atoms with E-state index < -0.39 is 16.6 Å². The normalized spacial score (nSPS) is 10.7. The summed E-state index contributed by atoms with van der Waals surface area (Å²) in [5.41, 5.74) is 0.357. The van der Waals surface area contributed by atoms with Crippen LogP contribution in [0.3, 0.4) is 0 Å². The first-order chi connectivity index (χ1) is 13.9. The van der Waals surface area contributed by atoms with Gasteiger partial charge >= 0.3 is 17.6 Å². The number of rotatable bonds is 8. The fraction of sp³-hybridized carbons (Fsp3) is 0.267. The van der Waals surface area contributed by atoms with Crippen LogP contribution < -0.4 is 10.6 Å². The Kier molecular flexibility index (Phi) is 6.19. The van der Waals surface area contributed by atoms with Crippen LogP contribution in [-0.4, -0.2) is 49.7 Å². The highest BCUT2D eigenvalue weighted by atomic mass is 35.5. The maximum Gasteiger partial charge on any atom is 0.408 e. The second-order valence-electron chi connectivity index (χ2n) is 5.64. The second kappa shape index (κ2) is 8.79. The number of nitrogens with zero attached hydrogens (tertiary/aromatic N) is 5. The molecule has 0 spiro atoms. The summed E-state index contributed by atoms with van der Waals surface area (Å²) in [5.74, 6) is -1.50. The zero-order valence-electron chi connectivity index (χ0n) is 14.9. The molecule has 2 N–H and O–H groups in total. The molecule has 0 radical (unpaired) electrons. The van der Waals surface area contributed by atoms with Crippen molar-refractivity contribution in [3.63, 3.8) is 0 Å². The lowest BCUT2D eigenvalue weighted by Gasteiger charge is -2.04. The van der Waals surface area contributed by atoms with Crippen LogP contribution in [0.5, 0.6) is 0 Å². The van der Waals surface area contributed by atoms with Crippen LogP contribution in [0, 0.1) is 17.0 Å². The number of nitrogens with one attached hydrogen (secondary N) is 2. The molecule has 0 aliphatic carbocycles. The molecule has 0 aliphatic heterocycles. The van der Waals surface area contributed by atoms with E-state index in [1.54, 1.807) is 24.4 Å². The number of aromatic nitrogens is 4. The van der Waals surface area contributed by atoms with E-state index in [2.05, 4.69) is 25.9 Å². The highest BCUT2D eigenvalue weighted by Crippen LogP contribution is 2.26. The molecule has 0 saturated carbocycles. The molecular weight excluding hydrogens is 426 g/mol. The van der Waals surface area contributed by atoms with E-state index >= 15 is 0 Å². The number of thiophene rings is 1. The Morgan fingerprint density at radius 2 is 2.07 bits per heavy atom. The van der Waals surface area contributed by atoms with E-state index in [9.17, 15) is 19.7 Å². The molecule has 3 heterocycles. The molecule has 29 heavy (non-hydrogen) atoms. The predicted octanol–water partition coefficient (Wildman–Crippen LogP) is 1.41. The molecule has 0 aliphatic rings. The maximum atomic E-state index is 12.0. The molecule has 152 valence electrons. The number of hydrogen-bond donors (Lipinski definition) is 2. The number of hydrogen-bond acceptors (Lipinski definition) is 9. The van der Waals surface area contributed by atoms with Crippen LogP contribution in [0.2, 0.25) is 5.02 Å². The maximum absolute atomic E-state index is 12.0. The number of carbonyl (C=O) groups is 2. The Bertz CT molecular complexity index is 1050. The van der Waals surface area contributed by atoms with Crippen LogP contribution in [0.25, 0.3) is 0 Å². The van der Waals surface area contributed by atoms with E-state index in [1.807, 2.05) is 0 Å². The average molecular weight is 440 g/mol. The number of amides is 2. The monoisotopic (exact) mass is 439 g/mol. The summed E-state index contributed by atoms with van der Waals surface area (Å²) in [7, 11) is 0. The van der Waals surface area contributed by atoms with E-state index in [0.29, 0.717) is 10.6 Å². The Labute approximate surface area is 172 Å². The van der Waals surface area contributed by atoms with Crippen molar-refractivity contribution < 1.29 is 19.0 Å². The van der Waals surface area contributed by atoms with Gasteiger partial charge in [0.15, 0.2) is 10.8 Å². The third-order valence-corrected chi connectivity index (χ3v) is 5.00. The van der Waals surface area contributed by atoms with Gasteiger partial charge in [0.25, 0.3) is 5.91 Å². The third-order valence-electron chi connectivity index (χ3n) is 3.68. The van der Waals surface area contributed by atoms with Gasteiger partial charge < -0.3 is 25.3 Å². The van der Waals surface area contributed by atoms with Gasteiger partial charge in [-0.3, -0.25) is 9.59 Å². The smallest absolute Gasteiger partial charge is 0.358 e. The van der Waals surface area contributed by atoms with Crippen LogP contribution >= 0.6 is 22.9 Å². The van der Waals surface area contributed by atoms with Crippen molar-refractivity contribution in [1.82, 2.24) is 30.6 Å². The summed E-state index contributed by atoms with van der Waals surface area (Å²) in [6, 6.07) is 3.47. The molecular formula is C15H14ClN7O5S. The zero-order valence-corrected chi connectivity index (χ0v) is 16.5. The van der Waals surface area contributed by atoms with Crippen molar-refractivity contribution in [3.05, 3.63) is 54.9 Å². The van der Waals surface area contributed by atoms with Crippen molar-refractivity contribution in [2.45, 2.75) is 13.5 Å². The predicted molar refractivity (Wildman–Crippen MR) is 101 cm³/mol.